The molecule has 0 aromatic carbocycles. The highest BCUT2D eigenvalue weighted by molar-refractivity contribution is 7.71. The second kappa shape index (κ2) is 4.75. The predicted octanol–water partition coefficient (Wildman–Crippen LogP) is 2.10. The van der Waals surface area contributed by atoms with Crippen LogP contribution in [0.4, 0.5) is 0 Å². The van der Waals surface area contributed by atoms with Gasteiger partial charge in [-0.05, 0) is 29.7 Å². The molecule has 0 bridgehead atoms. The molecule has 3 heterocycles. The summed E-state index contributed by atoms with van der Waals surface area (Å²) in [6.45, 7) is 0.555. The Bertz CT molecular complexity index is 839. The van der Waals surface area contributed by atoms with Gasteiger partial charge in [-0.25, -0.2) is 0 Å². The van der Waals surface area contributed by atoms with Crippen molar-refractivity contribution in [3.63, 3.8) is 0 Å². The molecule has 7 heteroatoms. The van der Waals surface area contributed by atoms with Gasteiger partial charge in [0.15, 0.2) is 4.77 Å². The smallest absolute Gasteiger partial charge is 0.263 e. The molecule has 3 rings (SSSR count). The molecule has 0 saturated heterocycles. The number of aromatic amines is 1. The minimum atomic E-state index is -0.0258. The average molecular weight is 292 g/mol. The highest BCUT2D eigenvalue weighted by Crippen LogP contribution is 2.14. The first-order valence-corrected chi connectivity index (χ1v) is 7.13. The van der Waals surface area contributed by atoms with Crippen molar-refractivity contribution in [3.8, 4) is 0 Å². The third-order valence-corrected chi connectivity index (χ3v) is 4.27. The maximum Gasteiger partial charge on any atom is 0.263 e. The van der Waals surface area contributed by atoms with Gasteiger partial charge in [0.2, 0.25) is 0 Å². The molecular weight excluding hydrogens is 280 g/mol. The standard InChI is InChI=1S/C12H12N4OS2/c1-15-8(2-5-13-15)3-6-16-11(17)9-4-7-19-10(9)14-12(16)18/h2,4-5,7H,3,6H2,1H3,(H,14,18). The molecule has 3 aromatic heterocycles. The van der Waals surface area contributed by atoms with Gasteiger partial charge in [-0.15, -0.1) is 11.3 Å². The molecule has 0 aliphatic carbocycles. The molecule has 0 spiro atoms. The van der Waals surface area contributed by atoms with Crippen molar-refractivity contribution >= 4 is 33.8 Å². The summed E-state index contributed by atoms with van der Waals surface area (Å²) in [5.74, 6) is 0. The van der Waals surface area contributed by atoms with Gasteiger partial charge in [0, 0.05) is 31.9 Å². The topological polar surface area (TPSA) is 55.6 Å². The Morgan fingerprint density at radius 2 is 2.32 bits per heavy atom. The van der Waals surface area contributed by atoms with E-state index in [9.17, 15) is 4.79 Å². The Hall–Kier alpha value is -1.73. The van der Waals surface area contributed by atoms with E-state index in [2.05, 4.69) is 10.1 Å². The van der Waals surface area contributed by atoms with Gasteiger partial charge in [0.05, 0.1) is 5.39 Å². The van der Waals surface area contributed by atoms with Crippen LogP contribution in [0.25, 0.3) is 10.2 Å². The molecule has 0 unspecified atom stereocenters. The summed E-state index contributed by atoms with van der Waals surface area (Å²) in [6, 6.07) is 3.77. The van der Waals surface area contributed by atoms with Gasteiger partial charge < -0.3 is 4.98 Å². The van der Waals surface area contributed by atoms with E-state index in [1.807, 2.05) is 24.6 Å². The van der Waals surface area contributed by atoms with E-state index in [-0.39, 0.29) is 5.56 Å². The molecule has 0 saturated carbocycles. The maximum atomic E-state index is 12.3. The molecule has 0 amide bonds. The summed E-state index contributed by atoms with van der Waals surface area (Å²) in [6.07, 6.45) is 2.48. The SMILES string of the molecule is Cn1nccc1CCn1c(=S)[nH]c2sccc2c1=O. The van der Waals surface area contributed by atoms with Crippen molar-refractivity contribution in [1.82, 2.24) is 19.3 Å². The lowest BCUT2D eigenvalue weighted by molar-refractivity contribution is 0.613. The number of hydrogen-bond donors (Lipinski definition) is 1. The van der Waals surface area contributed by atoms with E-state index in [0.29, 0.717) is 16.7 Å². The summed E-state index contributed by atoms with van der Waals surface area (Å²) in [4.78, 5) is 16.3. The van der Waals surface area contributed by atoms with E-state index >= 15 is 0 Å². The molecule has 19 heavy (non-hydrogen) atoms. The van der Waals surface area contributed by atoms with Gasteiger partial charge in [-0.1, -0.05) is 0 Å². The van der Waals surface area contributed by atoms with Gasteiger partial charge in [-0.2, -0.15) is 5.10 Å². The van der Waals surface area contributed by atoms with Crippen molar-refractivity contribution in [2.75, 3.05) is 0 Å². The second-order valence-corrected chi connectivity index (χ2v) is 5.55. The number of aryl methyl sites for hydroxylation is 2. The lowest BCUT2D eigenvalue weighted by Gasteiger charge is -2.06. The molecule has 1 N–H and O–H groups in total. The molecule has 0 aliphatic heterocycles. The highest BCUT2D eigenvalue weighted by atomic mass is 32.1. The molecule has 5 nitrogen and oxygen atoms in total. The Morgan fingerprint density at radius 3 is 3.05 bits per heavy atom. The number of aromatic nitrogens is 4. The normalized spacial score (nSPS) is 11.2. The van der Waals surface area contributed by atoms with Crippen LogP contribution < -0.4 is 5.56 Å². The number of hydrogen-bond acceptors (Lipinski definition) is 4. The number of nitrogens with one attached hydrogen (secondary N) is 1. The van der Waals surface area contributed by atoms with Crippen LogP contribution in [0.1, 0.15) is 5.69 Å². The predicted molar refractivity (Wildman–Crippen MR) is 78.2 cm³/mol. The summed E-state index contributed by atoms with van der Waals surface area (Å²) < 4.78 is 3.89. The largest absolute Gasteiger partial charge is 0.323 e. The van der Waals surface area contributed by atoms with Crippen LogP contribution in [0.2, 0.25) is 0 Å². The Kier molecular flexibility index (Phi) is 3.08. The fraction of sp³-hybridized carbons (Fsp3) is 0.250. The third kappa shape index (κ3) is 2.15. The van der Waals surface area contributed by atoms with Crippen molar-refractivity contribution in [2.24, 2.45) is 7.05 Å². The van der Waals surface area contributed by atoms with Gasteiger partial charge in [0.1, 0.15) is 4.83 Å². The summed E-state index contributed by atoms with van der Waals surface area (Å²) in [7, 11) is 1.89. The van der Waals surface area contributed by atoms with E-state index in [1.165, 1.54) is 11.3 Å². The molecule has 3 aromatic rings. The number of thiophene rings is 1. The molecule has 0 fully saturated rings. The van der Waals surface area contributed by atoms with Crippen LogP contribution in [0.15, 0.2) is 28.5 Å². The molecular formula is C12H12N4OS2. The Balaban J connectivity index is 1.99. The molecule has 0 aliphatic rings. The van der Waals surface area contributed by atoms with Crippen molar-refractivity contribution in [3.05, 3.63) is 44.5 Å². The maximum absolute atomic E-state index is 12.3. The Labute approximate surface area is 118 Å². The van der Waals surface area contributed by atoms with Crippen LogP contribution >= 0.6 is 23.6 Å². The fourth-order valence-corrected chi connectivity index (χ4v) is 3.17. The quantitative estimate of drug-likeness (QED) is 0.752. The van der Waals surface area contributed by atoms with Crippen molar-refractivity contribution in [1.29, 1.82) is 0 Å². The summed E-state index contributed by atoms with van der Waals surface area (Å²) in [5, 5.41) is 6.70. The first kappa shape index (κ1) is 12.3. The zero-order valence-corrected chi connectivity index (χ0v) is 11.9. The third-order valence-electron chi connectivity index (χ3n) is 3.12. The minimum absolute atomic E-state index is 0.0258. The molecule has 0 radical (unpaired) electrons. The lowest BCUT2D eigenvalue weighted by Crippen LogP contribution is -2.23. The number of fused-ring (bicyclic) bond motifs is 1. The zero-order chi connectivity index (χ0) is 13.4. The van der Waals surface area contributed by atoms with Crippen LogP contribution in [-0.2, 0) is 20.0 Å². The number of nitrogens with zero attached hydrogens (tertiary/aromatic N) is 3. The summed E-state index contributed by atoms with van der Waals surface area (Å²) >= 11 is 6.75. The van der Waals surface area contributed by atoms with E-state index in [1.54, 1.807) is 15.4 Å². The average Bonchev–Trinajstić information content (AvgIpc) is 2.98. The fourth-order valence-electron chi connectivity index (χ4n) is 2.05. The first-order valence-electron chi connectivity index (χ1n) is 5.84. The van der Waals surface area contributed by atoms with Crippen LogP contribution in [-0.4, -0.2) is 19.3 Å². The number of H-pyrrole nitrogens is 1. The molecule has 0 atom stereocenters. The van der Waals surface area contributed by atoms with Crippen LogP contribution in [0, 0.1) is 4.77 Å². The van der Waals surface area contributed by atoms with Crippen LogP contribution in [0.3, 0.4) is 0 Å². The lowest BCUT2D eigenvalue weighted by atomic mass is 10.3. The van der Waals surface area contributed by atoms with E-state index in [0.717, 1.165) is 16.9 Å². The van der Waals surface area contributed by atoms with Crippen molar-refractivity contribution < 1.29 is 0 Å². The zero-order valence-electron chi connectivity index (χ0n) is 10.3. The monoisotopic (exact) mass is 292 g/mol. The van der Waals surface area contributed by atoms with E-state index in [4.69, 9.17) is 12.2 Å². The van der Waals surface area contributed by atoms with E-state index < -0.39 is 0 Å². The Morgan fingerprint density at radius 1 is 1.47 bits per heavy atom. The van der Waals surface area contributed by atoms with Gasteiger partial charge in [0.25, 0.3) is 5.56 Å². The minimum Gasteiger partial charge on any atom is -0.323 e. The second-order valence-electron chi connectivity index (χ2n) is 4.25. The first-order chi connectivity index (χ1) is 9.16. The van der Waals surface area contributed by atoms with Crippen LogP contribution in [0.5, 0.6) is 0 Å². The molecule has 98 valence electrons. The van der Waals surface area contributed by atoms with Gasteiger partial charge >= 0.3 is 0 Å². The van der Waals surface area contributed by atoms with Crippen molar-refractivity contribution in [2.45, 2.75) is 13.0 Å². The van der Waals surface area contributed by atoms with Gasteiger partial charge in [-0.3, -0.25) is 14.0 Å². The summed E-state index contributed by atoms with van der Waals surface area (Å²) in [5.41, 5.74) is 1.05. The highest BCUT2D eigenvalue weighted by Gasteiger charge is 2.07. The number of rotatable bonds is 3.